The summed E-state index contributed by atoms with van der Waals surface area (Å²) in [7, 11) is 1.67. The van der Waals surface area contributed by atoms with Crippen LogP contribution >= 0.6 is 0 Å². The van der Waals surface area contributed by atoms with Crippen LogP contribution in [-0.4, -0.2) is 24.8 Å². The standard InChI is InChI=1S/C14H14O4/c1-17-9-8-10-2-4-11(5-3-10)12-6-7-13(18-12)14(15)16/h2-7H,8-9H2,1H3,(H,15,16). The fraction of sp³-hybridized carbons (Fsp3) is 0.214. The van der Waals surface area contributed by atoms with Gasteiger partial charge in [-0.3, -0.25) is 0 Å². The number of methoxy groups -OCH3 is 1. The van der Waals surface area contributed by atoms with Crippen molar-refractivity contribution < 1.29 is 19.1 Å². The van der Waals surface area contributed by atoms with E-state index in [4.69, 9.17) is 14.3 Å². The molecule has 0 aliphatic carbocycles. The van der Waals surface area contributed by atoms with Gasteiger partial charge in [0.15, 0.2) is 0 Å². The van der Waals surface area contributed by atoms with Gasteiger partial charge in [0.25, 0.3) is 0 Å². The Balaban J connectivity index is 2.15. The minimum Gasteiger partial charge on any atom is -0.475 e. The van der Waals surface area contributed by atoms with Crippen LogP contribution in [0.2, 0.25) is 0 Å². The second-order valence-corrected chi connectivity index (χ2v) is 3.91. The fourth-order valence-electron chi connectivity index (χ4n) is 1.66. The van der Waals surface area contributed by atoms with Gasteiger partial charge in [-0.1, -0.05) is 24.3 Å². The molecule has 1 aromatic heterocycles. The SMILES string of the molecule is COCCc1ccc(-c2ccc(C(=O)O)o2)cc1. The molecule has 0 unspecified atom stereocenters. The van der Waals surface area contributed by atoms with Gasteiger partial charge in [0.05, 0.1) is 6.61 Å². The minimum atomic E-state index is -1.06. The van der Waals surface area contributed by atoms with E-state index in [1.165, 1.54) is 11.6 Å². The van der Waals surface area contributed by atoms with E-state index >= 15 is 0 Å². The first-order chi connectivity index (χ1) is 8.70. The smallest absolute Gasteiger partial charge is 0.371 e. The van der Waals surface area contributed by atoms with Gasteiger partial charge in [0.2, 0.25) is 5.76 Å². The number of aromatic carboxylic acids is 1. The number of carbonyl (C=O) groups is 1. The summed E-state index contributed by atoms with van der Waals surface area (Å²) in [6.07, 6.45) is 0.856. The Morgan fingerprint density at radius 1 is 1.22 bits per heavy atom. The molecule has 0 radical (unpaired) electrons. The number of carboxylic acid groups (broad SMARTS) is 1. The zero-order valence-electron chi connectivity index (χ0n) is 10.1. The second-order valence-electron chi connectivity index (χ2n) is 3.91. The van der Waals surface area contributed by atoms with Crippen LogP contribution in [0.5, 0.6) is 0 Å². The van der Waals surface area contributed by atoms with Crippen molar-refractivity contribution in [2.45, 2.75) is 6.42 Å². The highest BCUT2D eigenvalue weighted by Gasteiger charge is 2.10. The molecule has 0 spiro atoms. The monoisotopic (exact) mass is 246 g/mol. The van der Waals surface area contributed by atoms with E-state index in [0.29, 0.717) is 12.4 Å². The normalized spacial score (nSPS) is 10.5. The summed E-state index contributed by atoms with van der Waals surface area (Å²) in [4.78, 5) is 10.7. The molecule has 0 atom stereocenters. The van der Waals surface area contributed by atoms with Crippen molar-refractivity contribution in [2.24, 2.45) is 0 Å². The molecule has 0 bridgehead atoms. The summed E-state index contributed by atoms with van der Waals surface area (Å²) < 4.78 is 10.2. The molecule has 2 rings (SSSR count). The summed E-state index contributed by atoms with van der Waals surface area (Å²) >= 11 is 0. The van der Waals surface area contributed by atoms with E-state index in [1.807, 2.05) is 24.3 Å². The third kappa shape index (κ3) is 2.78. The predicted octanol–water partition coefficient (Wildman–Crippen LogP) is 2.83. The van der Waals surface area contributed by atoms with Gasteiger partial charge in [0, 0.05) is 12.7 Å². The van der Waals surface area contributed by atoms with Crippen LogP contribution in [0.1, 0.15) is 16.1 Å². The van der Waals surface area contributed by atoms with Gasteiger partial charge >= 0.3 is 5.97 Å². The molecular formula is C14H14O4. The molecule has 0 amide bonds. The zero-order chi connectivity index (χ0) is 13.0. The average molecular weight is 246 g/mol. The molecule has 0 fully saturated rings. The van der Waals surface area contributed by atoms with Gasteiger partial charge in [-0.2, -0.15) is 0 Å². The summed E-state index contributed by atoms with van der Waals surface area (Å²) in [5.41, 5.74) is 2.04. The lowest BCUT2D eigenvalue weighted by Gasteiger charge is -2.01. The van der Waals surface area contributed by atoms with E-state index < -0.39 is 5.97 Å². The number of hydrogen-bond acceptors (Lipinski definition) is 3. The van der Waals surface area contributed by atoms with E-state index in [0.717, 1.165) is 12.0 Å². The van der Waals surface area contributed by atoms with Crippen molar-refractivity contribution in [3.63, 3.8) is 0 Å². The molecule has 1 aromatic carbocycles. The lowest BCUT2D eigenvalue weighted by Crippen LogP contribution is -1.93. The van der Waals surface area contributed by atoms with Crippen LogP contribution in [-0.2, 0) is 11.2 Å². The van der Waals surface area contributed by atoms with Crippen molar-refractivity contribution in [1.29, 1.82) is 0 Å². The van der Waals surface area contributed by atoms with Crippen LogP contribution in [0.3, 0.4) is 0 Å². The Morgan fingerprint density at radius 3 is 2.50 bits per heavy atom. The first-order valence-electron chi connectivity index (χ1n) is 5.62. The van der Waals surface area contributed by atoms with Crippen molar-refractivity contribution >= 4 is 5.97 Å². The highest BCUT2D eigenvalue weighted by molar-refractivity contribution is 5.85. The molecule has 18 heavy (non-hydrogen) atoms. The van der Waals surface area contributed by atoms with Crippen molar-refractivity contribution in [1.82, 2.24) is 0 Å². The molecular weight excluding hydrogens is 232 g/mol. The Morgan fingerprint density at radius 2 is 1.94 bits per heavy atom. The molecule has 2 aromatic rings. The third-order valence-corrected chi connectivity index (χ3v) is 2.65. The van der Waals surface area contributed by atoms with E-state index in [1.54, 1.807) is 13.2 Å². The van der Waals surface area contributed by atoms with E-state index in [9.17, 15) is 4.79 Å². The maximum Gasteiger partial charge on any atom is 0.371 e. The third-order valence-electron chi connectivity index (χ3n) is 2.65. The number of rotatable bonds is 5. The lowest BCUT2D eigenvalue weighted by molar-refractivity contribution is 0.0663. The van der Waals surface area contributed by atoms with Gasteiger partial charge in [-0.15, -0.1) is 0 Å². The largest absolute Gasteiger partial charge is 0.475 e. The molecule has 0 aliphatic rings. The molecule has 0 saturated heterocycles. The second kappa shape index (κ2) is 5.51. The van der Waals surface area contributed by atoms with Crippen LogP contribution in [0, 0.1) is 0 Å². The topological polar surface area (TPSA) is 59.7 Å². The maximum absolute atomic E-state index is 10.7. The Kier molecular flexibility index (Phi) is 3.79. The average Bonchev–Trinajstić information content (AvgIpc) is 2.87. The van der Waals surface area contributed by atoms with Crippen molar-refractivity contribution in [3.05, 3.63) is 47.7 Å². The van der Waals surface area contributed by atoms with E-state index in [-0.39, 0.29) is 5.76 Å². The van der Waals surface area contributed by atoms with E-state index in [2.05, 4.69) is 0 Å². The number of benzene rings is 1. The highest BCUT2D eigenvalue weighted by atomic mass is 16.5. The Labute approximate surface area is 105 Å². The van der Waals surface area contributed by atoms with Gasteiger partial charge < -0.3 is 14.3 Å². The van der Waals surface area contributed by atoms with Crippen LogP contribution in [0.15, 0.2) is 40.8 Å². The summed E-state index contributed by atoms with van der Waals surface area (Å²) in [6.45, 7) is 0.684. The molecule has 4 nitrogen and oxygen atoms in total. The zero-order valence-corrected chi connectivity index (χ0v) is 10.1. The van der Waals surface area contributed by atoms with Gasteiger partial charge in [0.1, 0.15) is 5.76 Å². The summed E-state index contributed by atoms with van der Waals surface area (Å²) in [5, 5.41) is 8.78. The quantitative estimate of drug-likeness (QED) is 0.881. The van der Waals surface area contributed by atoms with Crippen molar-refractivity contribution in [2.75, 3.05) is 13.7 Å². The Bertz CT molecular complexity index is 525. The minimum absolute atomic E-state index is 0.0477. The molecule has 4 heteroatoms. The highest BCUT2D eigenvalue weighted by Crippen LogP contribution is 2.22. The number of hydrogen-bond donors (Lipinski definition) is 1. The number of carboxylic acids is 1. The van der Waals surface area contributed by atoms with Gasteiger partial charge in [-0.05, 0) is 24.1 Å². The van der Waals surface area contributed by atoms with Gasteiger partial charge in [-0.25, -0.2) is 4.79 Å². The predicted molar refractivity (Wildman–Crippen MR) is 66.7 cm³/mol. The number of furan rings is 1. The van der Waals surface area contributed by atoms with Crippen molar-refractivity contribution in [3.8, 4) is 11.3 Å². The van der Waals surface area contributed by atoms with Crippen LogP contribution in [0.25, 0.3) is 11.3 Å². The summed E-state index contributed by atoms with van der Waals surface area (Å²) in [6, 6.07) is 10.9. The molecule has 94 valence electrons. The van der Waals surface area contributed by atoms with Crippen LogP contribution < -0.4 is 0 Å². The Hall–Kier alpha value is -2.07. The summed E-state index contributed by atoms with van der Waals surface area (Å²) in [5.74, 6) is -0.544. The number of ether oxygens (including phenoxy) is 1. The molecule has 1 heterocycles. The lowest BCUT2D eigenvalue weighted by atomic mass is 10.1. The maximum atomic E-state index is 10.7. The molecule has 0 aliphatic heterocycles. The fourth-order valence-corrected chi connectivity index (χ4v) is 1.66. The first-order valence-corrected chi connectivity index (χ1v) is 5.62. The molecule has 1 N–H and O–H groups in total. The molecule has 0 saturated carbocycles. The first kappa shape index (κ1) is 12.4. The van der Waals surface area contributed by atoms with Crippen LogP contribution in [0.4, 0.5) is 0 Å².